The number of rotatable bonds is 4. The molecule has 0 saturated heterocycles. The lowest BCUT2D eigenvalue weighted by molar-refractivity contribution is -0.385. The standard InChI is InChI=1S/C12H9ClN2O3/c13-9-4-5-11(15(16)17)12(7-9)18-8-10-3-1-2-6-14-10/h1-7H,8H2. The molecule has 2 rings (SSSR count). The summed E-state index contributed by atoms with van der Waals surface area (Å²) in [5.41, 5.74) is 0.571. The first-order valence-electron chi connectivity index (χ1n) is 5.13. The van der Waals surface area contributed by atoms with Gasteiger partial charge in [-0.05, 0) is 18.2 Å². The number of halogens is 1. The van der Waals surface area contributed by atoms with Crippen LogP contribution < -0.4 is 4.74 Å². The summed E-state index contributed by atoms with van der Waals surface area (Å²) >= 11 is 5.79. The van der Waals surface area contributed by atoms with Crippen LogP contribution in [0.5, 0.6) is 5.75 Å². The highest BCUT2D eigenvalue weighted by Crippen LogP contribution is 2.30. The molecule has 1 aromatic heterocycles. The number of pyridine rings is 1. The van der Waals surface area contributed by atoms with Crippen molar-refractivity contribution < 1.29 is 9.66 Å². The third-order valence-corrected chi connectivity index (χ3v) is 2.46. The van der Waals surface area contributed by atoms with E-state index in [-0.39, 0.29) is 18.0 Å². The van der Waals surface area contributed by atoms with Crippen LogP contribution in [-0.2, 0) is 6.61 Å². The summed E-state index contributed by atoms with van der Waals surface area (Å²) in [5.74, 6) is 0.137. The van der Waals surface area contributed by atoms with Crippen LogP contribution in [0.3, 0.4) is 0 Å². The topological polar surface area (TPSA) is 65.3 Å². The van der Waals surface area contributed by atoms with Gasteiger partial charge in [0.15, 0.2) is 5.75 Å². The van der Waals surface area contributed by atoms with Crippen LogP contribution in [0, 0.1) is 10.1 Å². The molecule has 5 nitrogen and oxygen atoms in total. The molecule has 0 aliphatic carbocycles. The fraction of sp³-hybridized carbons (Fsp3) is 0.0833. The second-order valence-electron chi connectivity index (χ2n) is 3.48. The summed E-state index contributed by atoms with van der Waals surface area (Å²) in [5, 5.41) is 11.2. The van der Waals surface area contributed by atoms with E-state index in [1.807, 2.05) is 6.07 Å². The second-order valence-corrected chi connectivity index (χ2v) is 3.92. The lowest BCUT2D eigenvalue weighted by Gasteiger charge is -2.06. The predicted octanol–water partition coefficient (Wildman–Crippen LogP) is 3.22. The van der Waals surface area contributed by atoms with E-state index >= 15 is 0 Å². The first-order valence-corrected chi connectivity index (χ1v) is 5.51. The van der Waals surface area contributed by atoms with Crippen molar-refractivity contribution >= 4 is 17.3 Å². The zero-order chi connectivity index (χ0) is 13.0. The van der Waals surface area contributed by atoms with Crippen molar-refractivity contribution in [1.29, 1.82) is 0 Å². The highest BCUT2D eigenvalue weighted by atomic mass is 35.5. The minimum atomic E-state index is -0.510. The Bertz CT molecular complexity index is 561. The SMILES string of the molecule is O=[N+]([O-])c1ccc(Cl)cc1OCc1ccccn1. The molecule has 0 spiro atoms. The average molecular weight is 265 g/mol. The van der Waals surface area contributed by atoms with Gasteiger partial charge in [0.05, 0.1) is 10.6 Å². The van der Waals surface area contributed by atoms with E-state index in [1.165, 1.54) is 18.2 Å². The van der Waals surface area contributed by atoms with Crippen molar-refractivity contribution in [2.45, 2.75) is 6.61 Å². The van der Waals surface area contributed by atoms with Crippen molar-refractivity contribution in [1.82, 2.24) is 4.98 Å². The number of benzene rings is 1. The van der Waals surface area contributed by atoms with E-state index in [0.29, 0.717) is 10.7 Å². The number of hydrogen-bond donors (Lipinski definition) is 0. The Morgan fingerprint density at radius 1 is 1.33 bits per heavy atom. The van der Waals surface area contributed by atoms with E-state index in [2.05, 4.69) is 4.98 Å². The molecule has 0 radical (unpaired) electrons. The van der Waals surface area contributed by atoms with E-state index < -0.39 is 4.92 Å². The van der Waals surface area contributed by atoms with Crippen molar-refractivity contribution in [2.24, 2.45) is 0 Å². The van der Waals surface area contributed by atoms with Crippen LogP contribution in [0.25, 0.3) is 0 Å². The third kappa shape index (κ3) is 2.95. The highest BCUT2D eigenvalue weighted by molar-refractivity contribution is 6.30. The Balaban J connectivity index is 2.18. The van der Waals surface area contributed by atoms with E-state index in [1.54, 1.807) is 18.3 Å². The van der Waals surface area contributed by atoms with E-state index in [9.17, 15) is 10.1 Å². The first-order chi connectivity index (χ1) is 8.66. The summed E-state index contributed by atoms with van der Waals surface area (Å²) in [7, 11) is 0. The van der Waals surface area contributed by atoms with Gasteiger partial charge >= 0.3 is 5.69 Å². The summed E-state index contributed by atoms with van der Waals surface area (Å²) < 4.78 is 5.38. The Morgan fingerprint density at radius 3 is 2.83 bits per heavy atom. The monoisotopic (exact) mass is 264 g/mol. The molecule has 1 aromatic carbocycles. The number of nitro groups is 1. The first kappa shape index (κ1) is 12.3. The van der Waals surface area contributed by atoms with Crippen LogP contribution in [0.2, 0.25) is 5.02 Å². The van der Waals surface area contributed by atoms with Gasteiger partial charge in [-0.2, -0.15) is 0 Å². The molecule has 0 unspecified atom stereocenters. The molecule has 0 bridgehead atoms. The number of ether oxygens (including phenoxy) is 1. The second kappa shape index (κ2) is 5.46. The molecule has 0 saturated carbocycles. The number of nitro benzene ring substituents is 1. The van der Waals surface area contributed by atoms with Crippen LogP contribution in [0.1, 0.15) is 5.69 Å². The lowest BCUT2D eigenvalue weighted by Crippen LogP contribution is -2.00. The summed E-state index contributed by atoms with van der Waals surface area (Å²) in [6, 6.07) is 9.56. The largest absolute Gasteiger partial charge is 0.480 e. The maximum absolute atomic E-state index is 10.8. The highest BCUT2D eigenvalue weighted by Gasteiger charge is 2.15. The maximum atomic E-state index is 10.8. The number of aromatic nitrogens is 1. The quantitative estimate of drug-likeness (QED) is 0.628. The van der Waals surface area contributed by atoms with Crippen LogP contribution >= 0.6 is 11.6 Å². The average Bonchev–Trinajstić information content (AvgIpc) is 2.37. The smallest absolute Gasteiger partial charge is 0.311 e. The number of nitrogens with zero attached hydrogens (tertiary/aromatic N) is 2. The zero-order valence-electron chi connectivity index (χ0n) is 9.25. The van der Waals surface area contributed by atoms with Crippen molar-refractivity contribution in [3.63, 3.8) is 0 Å². The molecule has 92 valence electrons. The van der Waals surface area contributed by atoms with Gasteiger partial charge < -0.3 is 4.74 Å². The van der Waals surface area contributed by atoms with Crippen molar-refractivity contribution in [3.8, 4) is 5.75 Å². The van der Waals surface area contributed by atoms with Gasteiger partial charge in [-0.3, -0.25) is 15.1 Å². The van der Waals surface area contributed by atoms with Gasteiger partial charge in [0.1, 0.15) is 6.61 Å². The molecule has 6 heteroatoms. The third-order valence-electron chi connectivity index (χ3n) is 2.22. The molecule has 0 atom stereocenters. The molecule has 0 amide bonds. The predicted molar refractivity (Wildman–Crippen MR) is 66.7 cm³/mol. The normalized spacial score (nSPS) is 10.1. The maximum Gasteiger partial charge on any atom is 0.311 e. The zero-order valence-corrected chi connectivity index (χ0v) is 10.0. The Kier molecular flexibility index (Phi) is 3.74. The summed E-state index contributed by atoms with van der Waals surface area (Å²) in [6.45, 7) is 0.155. The molecular weight excluding hydrogens is 256 g/mol. The molecule has 0 aliphatic rings. The van der Waals surface area contributed by atoms with Gasteiger partial charge in [-0.25, -0.2) is 0 Å². The Labute approximate surface area is 108 Å². The molecule has 18 heavy (non-hydrogen) atoms. The van der Waals surface area contributed by atoms with Gasteiger partial charge in [-0.1, -0.05) is 17.7 Å². The van der Waals surface area contributed by atoms with E-state index in [4.69, 9.17) is 16.3 Å². The fourth-order valence-corrected chi connectivity index (χ4v) is 1.55. The van der Waals surface area contributed by atoms with Crippen LogP contribution in [-0.4, -0.2) is 9.91 Å². The van der Waals surface area contributed by atoms with Gasteiger partial charge in [-0.15, -0.1) is 0 Å². The molecule has 0 N–H and O–H groups in total. The molecule has 2 aromatic rings. The van der Waals surface area contributed by atoms with Crippen molar-refractivity contribution in [2.75, 3.05) is 0 Å². The Morgan fingerprint density at radius 2 is 2.17 bits per heavy atom. The summed E-state index contributed by atoms with van der Waals surface area (Å²) in [4.78, 5) is 14.4. The van der Waals surface area contributed by atoms with Gasteiger partial charge in [0.2, 0.25) is 0 Å². The summed E-state index contributed by atoms with van der Waals surface area (Å²) in [6.07, 6.45) is 1.63. The fourth-order valence-electron chi connectivity index (χ4n) is 1.39. The number of hydrogen-bond acceptors (Lipinski definition) is 4. The van der Waals surface area contributed by atoms with E-state index in [0.717, 1.165) is 0 Å². The minimum Gasteiger partial charge on any atom is -0.480 e. The molecular formula is C12H9ClN2O3. The Hall–Kier alpha value is -2.14. The molecule has 0 aliphatic heterocycles. The van der Waals surface area contributed by atoms with Gasteiger partial charge in [0, 0.05) is 23.4 Å². The minimum absolute atomic E-state index is 0.115. The lowest BCUT2D eigenvalue weighted by atomic mass is 10.3. The van der Waals surface area contributed by atoms with Crippen LogP contribution in [0.4, 0.5) is 5.69 Å². The molecule has 1 heterocycles. The molecule has 0 fully saturated rings. The van der Waals surface area contributed by atoms with Gasteiger partial charge in [0.25, 0.3) is 0 Å². The van der Waals surface area contributed by atoms with Crippen molar-refractivity contribution in [3.05, 3.63) is 63.4 Å². The van der Waals surface area contributed by atoms with Crippen LogP contribution in [0.15, 0.2) is 42.6 Å².